The molecule has 4 atom stereocenters. The molecule has 0 saturated heterocycles. The summed E-state index contributed by atoms with van der Waals surface area (Å²) in [5.41, 5.74) is -2.10. The van der Waals surface area contributed by atoms with Gasteiger partial charge in [0.1, 0.15) is 22.9 Å². The SMILES string of the molecule is CCN1C(=O)c2c(O)c(=O)c(C(=O)NCc3ccc(F)cc3F)cn2N(C)C12CC[C@@H]1[C@H](C)[C@@H]12. The largest absolute Gasteiger partial charge is 0.502 e. The minimum Gasteiger partial charge on any atom is -0.502 e. The average Bonchev–Trinajstić information content (AvgIpc) is 3.27. The lowest BCUT2D eigenvalue weighted by Gasteiger charge is -2.54. The Hall–Kier alpha value is -3.43. The van der Waals surface area contributed by atoms with Crippen LogP contribution < -0.4 is 15.8 Å². The molecule has 10 heteroatoms. The number of fused-ring (bicyclic) bond motifs is 3. The van der Waals surface area contributed by atoms with Crippen LogP contribution in [0, 0.1) is 29.4 Å². The number of hydrogen-bond donors (Lipinski definition) is 2. The molecule has 2 saturated carbocycles. The van der Waals surface area contributed by atoms with E-state index in [9.17, 15) is 28.3 Å². The number of pyridine rings is 1. The van der Waals surface area contributed by atoms with Gasteiger partial charge < -0.3 is 15.3 Å². The number of nitrogens with one attached hydrogen (secondary N) is 1. The van der Waals surface area contributed by atoms with Gasteiger partial charge in [-0.25, -0.2) is 8.78 Å². The Balaban J connectivity index is 1.53. The van der Waals surface area contributed by atoms with Gasteiger partial charge in [0.25, 0.3) is 11.8 Å². The number of amides is 2. The minimum atomic E-state index is -0.985. The van der Waals surface area contributed by atoms with Crippen molar-refractivity contribution in [2.24, 2.45) is 17.8 Å². The van der Waals surface area contributed by atoms with Crippen LogP contribution in [0.4, 0.5) is 8.78 Å². The molecule has 5 rings (SSSR count). The van der Waals surface area contributed by atoms with Crippen molar-refractivity contribution < 1.29 is 23.5 Å². The molecule has 1 aromatic heterocycles. The van der Waals surface area contributed by atoms with Crippen molar-refractivity contribution in [2.45, 2.75) is 38.9 Å². The molecule has 0 bridgehead atoms. The first-order valence-electron chi connectivity index (χ1n) is 11.4. The summed E-state index contributed by atoms with van der Waals surface area (Å²) in [5.74, 6) is -2.45. The van der Waals surface area contributed by atoms with Crippen LogP contribution in [0.5, 0.6) is 5.75 Å². The maximum Gasteiger partial charge on any atom is 0.278 e. The van der Waals surface area contributed by atoms with Gasteiger partial charge in [0, 0.05) is 43.9 Å². The van der Waals surface area contributed by atoms with E-state index in [1.165, 1.54) is 16.9 Å². The van der Waals surface area contributed by atoms with Crippen molar-refractivity contribution in [3.05, 3.63) is 63.1 Å². The first-order valence-corrected chi connectivity index (χ1v) is 11.4. The molecule has 1 spiro atoms. The Morgan fingerprint density at radius 3 is 2.65 bits per heavy atom. The predicted molar refractivity (Wildman–Crippen MR) is 119 cm³/mol. The summed E-state index contributed by atoms with van der Waals surface area (Å²) in [4.78, 5) is 40.9. The Labute approximate surface area is 194 Å². The first-order chi connectivity index (χ1) is 16.1. The molecule has 1 aliphatic heterocycles. The van der Waals surface area contributed by atoms with Crippen LogP contribution in [-0.2, 0) is 6.54 Å². The van der Waals surface area contributed by atoms with Crippen LogP contribution in [0.3, 0.4) is 0 Å². The zero-order valence-electron chi connectivity index (χ0n) is 19.1. The van der Waals surface area contributed by atoms with Gasteiger partial charge in [0.15, 0.2) is 11.4 Å². The molecule has 2 fully saturated rings. The number of rotatable bonds is 4. The highest BCUT2D eigenvalue weighted by Crippen LogP contribution is 2.65. The molecule has 3 aliphatic rings. The van der Waals surface area contributed by atoms with Crippen LogP contribution in [0.15, 0.2) is 29.2 Å². The number of aromatic hydroxyl groups is 1. The highest BCUT2D eigenvalue weighted by molar-refractivity contribution is 6.00. The number of benzene rings is 1. The molecule has 2 aliphatic carbocycles. The van der Waals surface area contributed by atoms with E-state index in [1.807, 2.05) is 11.9 Å². The Bertz CT molecular complexity index is 1280. The molecule has 2 heterocycles. The summed E-state index contributed by atoms with van der Waals surface area (Å²) in [6.45, 7) is 4.16. The third kappa shape index (κ3) is 2.90. The Morgan fingerprint density at radius 2 is 2.03 bits per heavy atom. The zero-order chi connectivity index (χ0) is 24.5. The summed E-state index contributed by atoms with van der Waals surface area (Å²) in [6, 6.07) is 2.97. The summed E-state index contributed by atoms with van der Waals surface area (Å²) in [6.07, 6.45) is 2.99. The molecule has 1 aromatic carbocycles. The fourth-order valence-corrected chi connectivity index (χ4v) is 6.19. The Morgan fingerprint density at radius 1 is 1.29 bits per heavy atom. The van der Waals surface area contributed by atoms with Crippen LogP contribution in [0.1, 0.15) is 53.1 Å². The van der Waals surface area contributed by atoms with Crippen molar-refractivity contribution in [3.8, 4) is 5.75 Å². The van der Waals surface area contributed by atoms with Gasteiger partial charge in [-0.15, -0.1) is 0 Å². The van der Waals surface area contributed by atoms with E-state index in [0.717, 1.165) is 18.9 Å². The molecule has 1 unspecified atom stereocenters. The van der Waals surface area contributed by atoms with Gasteiger partial charge in [0.05, 0.1) is 0 Å². The smallest absolute Gasteiger partial charge is 0.278 e. The standard InChI is InChI=1S/C24H26F2N4O4/c1-4-29-23(34)19-21(32)20(31)16(22(33)27-10-13-5-6-14(25)9-17(13)26)11-30(19)28(3)24(29)8-7-15-12(2)18(15)24/h5-6,9,11-12,15,18,32H,4,7-8,10H2,1-3H3,(H,27,33)/t12-,15+,18-,24?/m0/s1. The second-order valence-corrected chi connectivity index (χ2v) is 9.37. The van der Waals surface area contributed by atoms with E-state index < -0.39 is 40.3 Å². The summed E-state index contributed by atoms with van der Waals surface area (Å²) in [5, 5.41) is 15.0. The van der Waals surface area contributed by atoms with Crippen molar-refractivity contribution in [1.29, 1.82) is 0 Å². The number of carbonyl (C=O) groups excluding carboxylic acids is 2. The molecule has 2 amide bonds. The number of halogens is 2. The highest BCUT2D eigenvalue weighted by atomic mass is 19.1. The van der Waals surface area contributed by atoms with E-state index in [1.54, 1.807) is 11.9 Å². The molecule has 2 aromatic rings. The number of hydrogen-bond acceptors (Lipinski definition) is 5. The van der Waals surface area contributed by atoms with E-state index in [0.29, 0.717) is 24.4 Å². The number of carbonyl (C=O) groups is 2. The van der Waals surface area contributed by atoms with Gasteiger partial charge in [-0.3, -0.25) is 24.1 Å². The van der Waals surface area contributed by atoms with E-state index in [-0.39, 0.29) is 29.3 Å². The average molecular weight is 472 g/mol. The summed E-state index contributed by atoms with van der Waals surface area (Å²) in [7, 11) is 1.80. The Kier molecular flexibility index (Phi) is 4.96. The first kappa shape index (κ1) is 22.4. The number of aromatic nitrogens is 1. The maximum atomic E-state index is 13.9. The minimum absolute atomic E-state index is 0.0431. The van der Waals surface area contributed by atoms with E-state index in [2.05, 4.69) is 12.2 Å². The molecular formula is C24H26F2N4O4. The van der Waals surface area contributed by atoms with Crippen LogP contribution in [-0.4, -0.2) is 45.8 Å². The van der Waals surface area contributed by atoms with Gasteiger partial charge in [0.2, 0.25) is 5.43 Å². The van der Waals surface area contributed by atoms with E-state index >= 15 is 0 Å². The normalized spacial score (nSPS) is 27.1. The molecule has 34 heavy (non-hydrogen) atoms. The fourth-order valence-electron chi connectivity index (χ4n) is 6.19. The molecule has 8 nitrogen and oxygen atoms in total. The van der Waals surface area contributed by atoms with Gasteiger partial charge in [-0.1, -0.05) is 13.0 Å². The van der Waals surface area contributed by atoms with Gasteiger partial charge >= 0.3 is 0 Å². The lowest BCUT2D eigenvalue weighted by Crippen LogP contribution is -2.70. The summed E-state index contributed by atoms with van der Waals surface area (Å²) >= 11 is 0. The lowest BCUT2D eigenvalue weighted by atomic mass is 9.95. The molecular weight excluding hydrogens is 446 g/mol. The van der Waals surface area contributed by atoms with Crippen molar-refractivity contribution in [3.63, 3.8) is 0 Å². The van der Waals surface area contributed by atoms with Crippen LogP contribution in [0.2, 0.25) is 0 Å². The molecule has 0 radical (unpaired) electrons. The molecule has 2 N–H and O–H groups in total. The van der Waals surface area contributed by atoms with Crippen molar-refractivity contribution >= 4 is 11.8 Å². The maximum absolute atomic E-state index is 13.9. The second-order valence-electron chi connectivity index (χ2n) is 9.37. The quantitative estimate of drug-likeness (QED) is 0.712. The molecule has 180 valence electrons. The van der Waals surface area contributed by atoms with Crippen molar-refractivity contribution in [2.75, 3.05) is 18.6 Å². The topological polar surface area (TPSA) is 94.9 Å². The zero-order valence-corrected chi connectivity index (χ0v) is 19.1. The van der Waals surface area contributed by atoms with Gasteiger partial charge in [-0.2, -0.15) is 0 Å². The van der Waals surface area contributed by atoms with Crippen LogP contribution >= 0.6 is 0 Å². The predicted octanol–water partition coefficient (Wildman–Crippen LogP) is 2.18. The number of nitrogens with zero attached hydrogens (tertiary/aromatic N) is 3. The van der Waals surface area contributed by atoms with Gasteiger partial charge in [-0.05, 0) is 37.7 Å². The highest BCUT2D eigenvalue weighted by Gasteiger charge is 2.69. The second kappa shape index (κ2) is 7.54. The third-order valence-corrected chi connectivity index (χ3v) is 7.92. The fraction of sp³-hybridized carbons (Fsp3) is 0.458. The van der Waals surface area contributed by atoms with Crippen LogP contribution in [0.25, 0.3) is 0 Å². The third-order valence-electron chi connectivity index (χ3n) is 7.92. The lowest BCUT2D eigenvalue weighted by molar-refractivity contribution is 0.0213. The van der Waals surface area contributed by atoms with E-state index in [4.69, 9.17) is 0 Å². The monoisotopic (exact) mass is 472 g/mol. The van der Waals surface area contributed by atoms with Crippen molar-refractivity contribution in [1.82, 2.24) is 14.9 Å². The summed E-state index contributed by atoms with van der Waals surface area (Å²) < 4.78 is 28.5.